The van der Waals surface area contributed by atoms with Crippen LogP contribution in [0.2, 0.25) is 0 Å². The van der Waals surface area contributed by atoms with Gasteiger partial charge in [-0.2, -0.15) is 0 Å². The molecule has 0 radical (unpaired) electrons. The van der Waals surface area contributed by atoms with Crippen molar-refractivity contribution in [2.75, 3.05) is 12.4 Å². The summed E-state index contributed by atoms with van der Waals surface area (Å²) in [5.41, 5.74) is -1.55. The van der Waals surface area contributed by atoms with Gasteiger partial charge in [0.25, 0.3) is 5.56 Å². The second kappa shape index (κ2) is 10.6. The maximum atomic E-state index is 13.1. The first-order chi connectivity index (χ1) is 17.6. The van der Waals surface area contributed by atoms with Crippen molar-refractivity contribution in [2.45, 2.75) is 17.7 Å². The average molecular weight is 530 g/mol. The lowest BCUT2D eigenvalue weighted by Gasteiger charge is -2.16. The predicted octanol–water partition coefficient (Wildman–Crippen LogP) is 1.33. The number of nitrogens with zero attached hydrogens (tertiary/aromatic N) is 1. The third-order valence-electron chi connectivity index (χ3n) is 5.27. The Bertz CT molecular complexity index is 1500. The van der Waals surface area contributed by atoms with Crippen LogP contribution in [-0.4, -0.2) is 49.5 Å². The summed E-state index contributed by atoms with van der Waals surface area (Å²) < 4.78 is 18.2. The summed E-state index contributed by atoms with van der Waals surface area (Å²) in [4.78, 5) is 57.6. The van der Waals surface area contributed by atoms with E-state index in [9.17, 15) is 33.8 Å². The number of halogens is 1. The number of methoxy groups -OCH3 is 1. The van der Waals surface area contributed by atoms with Crippen LogP contribution in [0.4, 0.5) is 10.1 Å². The molecule has 1 aliphatic rings. The molecule has 37 heavy (non-hydrogen) atoms. The van der Waals surface area contributed by atoms with E-state index in [1.807, 2.05) is 4.98 Å². The van der Waals surface area contributed by atoms with Crippen LogP contribution in [0, 0.1) is 5.82 Å². The van der Waals surface area contributed by atoms with Gasteiger partial charge < -0.3 is 25.6 Å². The van der Waals surface area contributed by atoms with Gasteiger partial charge in [0.1, 0.15) is 22.7 Å². The first-order valence-corrected chi connectivity index (χ1v) is 11.6. The fourth-order valence-corrected chi connectivity index (χ4v) is 4.54. The Morgan fingerprint density at radius 1 is 1.16 bits per heavy atom. The Morgan fingerprint density at radius 3 is 2.57 bits per heavy atom. The number of phenolic OH excluding ortho intramolecular Hbond substituents is 1. The number of nitrogens with one attached hydrogen (secondary N) is 4. The first kappa shape index (κ1) is 25.5. The zero-order valence-corrected chi connectivity index (χ0v) is 19.9. The fraction of sp³-hybridized carbons (Fsp3) is 0.174. The van der Waals surface area contributed by atoms with E-state index in [4.69, 9.17) is 4.74 Å². The number of phenols is 1. The van der Waals surface area contributed by atoms with Crippen LogP contribution >= 0.6 is 11.8 Å². The molecule has 2 amide bonds. The molecule has 0 bridgehead atoms. The fourth-order valence-electron chi connectivity index (χ4n) is 3.54. The van der Waals surface area contributed by atoms with Gasteiger partial charge in [-0.05, 0) is 42.0 Å². The minimum absolute atomic E-state index is 0.0478. The van der Waals surface area contributed by atoms with E-state index in [1.54, 1.807) is 0 Å². The molecule has 1 saturated heterocycles. The number of amidine groups is 1. The van der Waals surface area contributed by atoms with Crippen LogP contribution in [0.5, 0.6) is 17.4 Å². The van der Waals surface area contributed by atoms with Crippen molar-refractivity contribution < 1.29 is 28.9 Å². The highest BCUT2D eigenvalue weighted by Gasteiger charge is 2.34. The summed E-state index contributed by atoms with van der Waals surface area (Å²) in [6.45, 7) is 0. The van der Waals surface area contributed by atoms with E-state index in [0.717, 1.165) is 11.8 Å². The Morgan fingerprint density at radius 2 is 1.89 bits per heavy atom. The zero-order valence-electron chi connectivity index (χ0n) is 19.1. The highest BCUT2D eigenvalue weighted by atomic mass is 32.2. The third-order valence-corrected chi connectivity index (χ3v) is 6.37. The molecule has 0 saturated carbocycles. The molecule has 0 spiro atoms. The quantitative estimate of drug-likeness (QED) is 0.264. The molecule has 2 heterocycles. The molecule has 2 aromatic carbocycles. The number of hydrogen-bond acceptors (Lipinski definition) is 9. The SMILES string of the molecule is COc1cc(C(N=C2NC(=O)C(CC(=O)Nc3ccc(F)cc3)S2)c2c(O)[nH]c(=O)[nH]c2=O)ccc1O. The van der Waals surface area contributed by atoms with Crippen molar-refractivity contribution in [3.05, 3.63) is 80.2 Å². The number of ether oxygens (including phenoxy) is 1. The second-order valence-electron chi connectivity index (χ2n) is 7.79. The highest BCUT2D eigenvalue weighted by Crippen LogP contribution is 2.36. The Kier molecular flexibility index (Phi) is 7.29. The summed E-state index contributed by atoms with van der Waals surface area (Å²) in [6.07, 6.45) is -0.227. The monoisotopic (exact) mass is 529 g/mol. The molecule has 1 fully saturated rings. The number of carbonyl (C=O) groups excluding carboxylic acids is 2. The average Bonchev–Trinajstić information content (AvgIpc) is 3.18. The van der Waals surface area contributed by atoms with Crippen molar-refractivity contribution in [3.8, 4) is 17.4 Å². The molecule has 4 rings (SSSR count). The molecule has 2 atom stereocenters. The van der Waals surface area contributed by atoms with Gasteiger partial charge in [0.2, 0.25) is 17.7 Å². The Balaban J connectivity index is 1.63. The lowest BCUT2D eigenvalue weighted by Crippen LogP contribution is -2.29. The van der Waals surface area contributed by atoms with Gasteiger partial charge >= 0.3 is 5.69 Å². The normalized spacial score (nSPS) is 16.9. The number of amides is 2. The molecule has 1 aliphatic heterocycles. The van der Waals surface area contributed by atoms with Gasteiger partial charge in [0.15, 0.2) is 16.7 Å². The van der Waals surface area contributed by atoms with Gasteiger partial charge in [-0.1, -0.05) is 17.8 Å². The number of aromatic hydroxyl groups is 2. The number of benzene rings is 2. The summed E-state index contributed by atoms with van der Waals surface area (Å²) >= 11 is 0.928. The van der Waals surface area contributed by atoms with Crippen LogP contribution in [0.1, 0.15) is 23.6 Å². The van der Waals surface area contributed by atoms with Crippen LogP contribution in [-0.2, 0) is 9.59 Å². The van der Waals surface area contributed by atoms with Gasteiger partial charge in [0.05, 0.1) is 7.11 Å². The Labute approximate surface area is 211 Å². The third kappa shape index (κ3) is 5.81. The lowest BCUT2D eigenvalue weighted by molar-refractivity contribution is -0.122. The number of H-pyrrole nitrogens is 2. The molecule has 3 aromatic rings. The van der Waals surface area contributed by atoms with E-state index in [2.05, 4.69) is 20.6 Å². The van der Waals surface area contributed by atoms with Gasteiger partial charge in [-0.15, -0.1) is 0 Å². The lowest BCUT2D eigenvalue weighted by atomic mass is 10.0. The molecule has 6 N–H and O–H groups in total. The molecule has 0 aliphatic carbocycles. The van der Waals surface area contributed by atoms with Crippen molar-refractivity contribution in [1.82, 2.24) is 15.3 Å². The van der Waals surface area contributed by atoms with Gasteiger partial charge in [-0.25, -0.2) is 14.2 Å². The maximum Gasteiger partial charge on any atom is 0.328 e. The largest absolute Gasteiger partial charge is 0.504 e. The van der Waals surface area contributed by atoms with E-state index in [1.165, 1.54) is 49.6 Å². The van der Waals surface area contributed by atoms with Crippen molar-refractivity contribution in [1.29, 1.82) is 0 Å². The smallest absolute Gasteiger partial charge is 0.328 e. The number of aromatic nitrogens is 2. The molecule has 192 valence electrons. The van der Waals surface area contributed by atoms with Gasteiger partial charge in [0, 0.05) is 12.1 Å². The molecule has 12 nitrogen and oxygen atoms in total. The molecule has 2 unspecified atom stereocenters. The zero-order chi connectivity index (χ0) is 26.7. The molecular formula is C23H20FN5O7S. The van der Waals surface area contributed by atoms with Crippen LogP contribution in [0.25, 0.3) is 0 Å². The van der Waals surface area contributed by atoms with E-state index in [0.29, 0.717) is 5.69 Å². The summed E-state index contributed by atoms with van der Waals surface area (Å²) in [7, 11) is 1.32. The minimum Gasteiger partial charge on any atom is -0.504 e. The predicted molar refractivity (Wildman–Crippen MR) is 132 cm³/mol. The first-order valence-electron chi connectivity index (χ1n) is 10.7. The topological polar surface area (TPSA) is 186 Å². The number of aliphatic imine (C=N–C) groups is 1. The number of aromatic amines is 2. The number of anilines is 1. The van der Waals surface area contributed by atoms with Crippen LogP contribution < -0.4 is 26.6 Å². The standard InChI is InChI=1S/C23H20FN5O7S/c1-36-14-8-10(2-7-13(14)30)18(17-20(33)27-22(35)28-21(17)34)26-23-29-19(32)15(37-23)9-16(31)25-12-5-3-11(24)4-6-12/h2-8,15,18,30H,9H2,1H3,(H,25,31)(H,26,29,32)(H3,27,28,33,34,35). The number of hydrogen-bond donors (Lipinski definition) is 6. The van der Waals surface area contributed by atoms with E-state index in [-0.39, 0.29) is 34.2 Å². The maximum absolute atomic E-state index is 13.1. The molecule has 14 heteroatoms. The minimum atomic E-state index is -1.25. The van der Waals surface area contributed by atoms with Crippen LogP contribution in [0.3, 0.4) is 0 Å². The second-order valence-corrected chi connectivity index (χ2v) is 8.98. The summed E-state index contributed by atoms with van der Waals surface area (Å²) in [5, 5.41) is 24.6. The van der Waals surface area contributed by atoms with Crippen LogP contribution in [0.15, 0.2) is 57.0 Å². The van der Waals surface area contributed by atoms with Crippen molar-refractivity contribution in [3.63, 3.8) is 0 Å². The van der Waals surface area contributed by atoms with E-state index >= 15 is 0 Å². The summed E-state index contributed by atoms with van der Waals surface area (Å²) in [5.74, 6) is -2.33. The van der Waals surface area contributed by atoms with E-state index < -0.39 is 46.1 Å². The number of carbonyl (C=O) groups is 2. The molecule has 1 aromatic heterocycles. The number of rotatable bonds is 7. The highest BCUT2D eigenvalue weighted by molar-refractivity contribution is 8.15. The molecular weight excluding hydrogens is 509 g/mol. The number of thioether (sulfide) groups is 1. The van der Waals surface area contributed by atoms with Crippen molar-refractivity contribution in [2.24, 2.45) is 4.99 Å². The Hall–Kier alpha value is -4.59. The van der Waals surface area contributed by atoms with Gasteiger partial charge in [-0.3, -0.25) is 24.4 Å². The summed E-state index contributed by atoms with van der Waals surface area (Å²) in [6, 6.07) is 7.98. The van der Waals surface area contributed by atoms with Crippen molar-refractivity contribution >= 4 is 34.4 Å².